The number of imidazole rings is 2. The number of nitrogens with zero attached hydrogens (tertiary/aromatic N) is 5. The third-order valence-corrected chi connectivity index (χ3v) is 13.2. The van der Waals surface area contributed by atoms with E-state index in [9.17, 15) is 0 Å². The van der Waals surface area contributed by atoms with E-state index in [-0.39, 0.29) is 12.1 Å². The van der Waals surface area contributed by atoms with Gasteiger partial charge in [-0.15, -0.1) is 11.3 Å². The van der Waals surface area contributed by atoms with Crippen LogP contribution in [0.15, 0.2) is 158 Å². The SMILES string of the molecule is CCC.Cc1cc2cc(C(C)C)c(-n3cc[n+]([C@@H]4c5ccccc5-c5n(-c6c(C(C)C)cc(-c7ccccc7)n6-c6ccccc6)cc[n+]54)c3-c3ccccc3)c(C(C)C)c2s1. The number of rotatable bonds is 9. The fourth-order valence-electron chi connectivity index (χ4n) is 9.50. The van der Waals surface area contributed by atoms with Crippen molar-refractivity contribution in [2.75, 3.05) is 0 Å². The lowest BCUT2D eigenvalue weighted by atomic mass is 9.90. The van der Waals surface area contributed by atoms with Crippen LogP contribution in [0.4, 0.5) is 0 Å². The Morgan fingerprint density at radius 2 is 1.16 bits per heavy atom. The van der Waals surface area contributed by atoms with E-state index < -0.39 is 0 Å². The molecule has 0 saturated carbocycles. The van der Waals surface area contributed by atoms with Gasteiger partial charge in [0.05, 0.1) is 22.4 Å². The maximum Gasteiger partial charge on any atom is 0.299 e. The Hall–Kier alpha value is -6.24. The Kier molecular flexibility index (Phi) is 11.2. The molecule has 0 bridgehead atoms. The van der Waals surface area contributed by atoms with Crippen molar-refractivity contribution < 1.29 is 9.13 Å². The van der Waals surface area contributed by atoms with E-state index in [1.165, 1.54) is 83.4 Å². The molecule has 10 rings (SSSR count). The fourth-order valence-corrected chi connectivity index (χ4v) is 10.7. The maximum atomic E-state index is 2.52. The maximum absolute atomic E-state index is 2.52. The second kappa shape index (κ2) is 16.9. The minimum atomic E-state index is -0.118. The molecule has 9 aromatic rings. The average molecular weight is 834 g/mol. The zero-order chi connectivity index (χ0) is 43.2. The average Bonchev–Trinajstić information content (AvgIpc) is 4.11. The topological polar surface area (TPSA) is 22.5 Å². The van der Waals surface area contributed by atoms with E-state index in [2.05, 4.69) is 243 Å². The molecule has 1 aliphatic heterocycles. The van der Waals surface area contributed by atoms with Crippen LogP contribution in [0.1, 0.15) is 113 Å². The summed E-state index contributed by atoms with van der Waals surface area (Å²) in [6.07, 6.45) is 10.4. The molecule has 5 aromatic carbocycles. The number of benzene rings is 5. The summed E-state index contributed by atoms with van der Waals surface area (Å²) in [6, 6.07) is 48.9. The third-order valence-electron chi connectivity index (χ3n) is 12.1. The summed E-state index contributed by atoms with van der Waals surface area (Å²) in [5.41, 5.74) is 12.6. The Bertz CT molecular complexity index is 2990. The lowest BCUT2D eigenvalue weighted by molar-refractivity contribution is -0.920. The van der Waals surface area contributed by atoms with E-state index in [1.54, 1.807) is 0 Å². The Labute approximate surface area is 371 Å². The smallest absolute Gasteiger partial charge is 0.276 e. The van der Waals surface area contributed by atoms with Crippen molar-refractivity contribution in [3.63, 3.8) is 0 Å². The number of aromatic nitrogens is 5. The van der Waals surface area contributed by atoms with Crippen molar-refractivity contribution in [3.05, 3.63) is 185 Å². The fraction of sp³-hybridized carbons (Fsp3) is 0.250. The first-order valence-electron chi connectivity index (χ1n) is 22.5. The second-order valence-electron chi connectivity index (χ2n) is 17.6. The molecule has 62 heavy (non-hydrogen) atoms. The largest absolute Gasteiger partial charge is 0.299 e. The van der Waals surface area contributed by atoms with E-state index in [4.69, 9.17) is 0 Å². The monoisotopic (exact) mass is 833 g/mol. The van der Waals surface area contributed by atoms with Crippen LogP contribution in [-0.4, -0.2) is 13.7 Å². The molecule has 0 fully saturated rings. The van der Waals surface area contributed by atoms with Crippen LogP contribution >= 0.6 is 11.3 Å². The summed E-state index contributed by atoms with van der Waals surface area (Å²) >= 11 is 1.93. The summed E-state index contributed by atoms with van der Waals surface area (Å²) in [6.45, 7) is 20.5. The highest BCUT2D eigenvalue weighted by molar-refractivity contribution is 7.19. The van der Waals surface area contributed by atoms with Gasteiger partial charge in [0.15, 0.2) is 0 Å². The van der Waals surface area contributed by atoms with Crippen LogP contribution in [0.5, 0.6) is 0 Å². The third kappa shape index (κ3) is 6.95. The molecule has 1 atom stereocenters. The predicted molar refractivity (Wildman–Crippen MR) is 259 cm³/mol. The van der Waals surface area contributed by atoms with E-state index in [0.717, 1.165) is 11.5 Å². The molecule has 0 unspecified atom stereocenters. The van der Waals surface area contributed by atoms with Gasteiger partial charge in [0, 0.05) is 32.0 Å². The summed E-state index contributed by atoms with van der Waals surface area (Å²) in [7, 11) is 0. The number of aryl methyl sites for hydroxylation is 1. The predicted octanol–water partition coefficient (Wildman–Crippen LogP) is 14.4. The first-order valence-corrected chi connectivity index (χ1v) is 23.3. The summed E-state index contributed by atoms with van der Waals surface area (Å²) in [5, 5.41) is 1.35. The van der Waals surface area contributed by atoms with Gasteiger partial charge in [-0.3, -0.25) is 4.57 Å². The highest BCUT2D eigenvalue weighted by atomic mass is 32.1. The number of para-hydroxylation sites is 1. The summed E-state index contributed by atoms with van der Waals surface area (Å²) in [4.78, 5) is 1.35. The number of thiophene rings is 1. The molecule has 0 N–H and O–H groups in total. The lowest BCUT2D eigenvalue weighted by Gasteiger charge is -2.20. The van der Waals surface area contributed by atoms with Gasteiger partial charge in [-0.1, -0.05) is 141 Å². The van der Waals surface area contributed by atoms with E-state index in [1.807, 2.05) is 11.3 Å². The molecule has 4 aromatic heterocycles. The zero-order valence-electron chi connectivity index (χ0n) is 37.7. The van der Waals surface area contributed by atoms with Crippen LogP contribution in [0.3, 0.4) is 0 Å². The number of fused-ring (bicyclic) bond motifs is 4. The van der Waals surface area contributed by atoms with Gasteiger partial charge < -0.3 is 0 Å². The van der Waals surface area contributed by atoms with Crippen molar-refractivity contribution in [2.24, 2.45) is 0 Å². The van der Waals surface area contributed by atoms with Crippen molar-refractivity contribution in [1.82, 2.24) is 13.7 Å². The van der Waals surface area contributed by atoms with Gasteiger partial charge in [0.25, 0.3) is 17.8 Å². The molecular formula is C56H59N5S+2. The molecule has 1 aliphatic rings. The molecule has 0 amide bonds. The van der Waals surface area contributed by atoms with Crippen molar-refractivity contribution in [3.8, 4) is 51.2 Å². The van der Waals surface area contributed by atoms with Crippen molar-refractivity contribution in [2.45, 2.75) is 92.7 Å². The minimum Gasteiger partial charge on any atom is -0.276 e. The quantitative estimate of drug-likeness (QED) is 0.129. The standard InChI is InChI=1S/C53H51N5S.C3H8/c1-34(2)44-32-40-31-37(7)59-49(40)47(36(5)6)48(44)54-27-28-55(50(54)39-21-13-9-14-22-39)51-42-25-17-18-26-43(42)52-56(51)29-30-57(52)53-45(35(3)4)33-46(38-19-11-8-12-20-38)58(53)41-23-15-10-16-24-41;1-3-2/h8-36,51H,1-7H3;3H2,1-2H3/q+2;/t51-;/m0./s1. The molecule has 5 nitrogen and oxygen atoms in total. The Morgan fingerprint density at radius 1 is 0.597 bits per heavy atom. The molecule has 0 spiro atoms. The Balaban J connectivity index is 0.00000159. The van der Waals surface area contributed by atoms with Crippen molar-refractivity contribution >= 4 is 21.4 Å². The molecule has 6 heteroatoms. The van der Waals surface area contributed by atoms with Crippen LogP contribution in [0, 0.1) is 6.92 Å². The highest BCUT2D eigenvalue weighted by Gasteiger charge is 2.45. The lowest BCUT2D eigenvalue weighted by Crippen LogP contribution is -2.56. The van der Waals surface area contributed by atoms with Crippen LogP contribution in [0.2, 0.25) is 0 Å². The minimum absolute atomic E-state index is 0.118. The summed E-state index contributed by atoms with van der Waals surface area (Å²) < 4.78 is 13.8. The van der Waals surface area contributed by atoms with E-state index >= 15 is 0 Å². The number of hydrogen-bond donors (Lipinski definition) is 0. The second-order valence-corrected chi connectivity index (χ2v) is 18.9. The van der Waals surface area contributed by atoms with Gasteiger partial charge in [0.1, 0.15) is 30.5 Å². The number of hydrogen-bond acceptors (Lipinski definition) is 1. The van der Waals surface area contributed by atoms with Crippen LogP contribution in [-0.2, 0) is 0 Å². The normalized spacial score (nSPS) is 13.3. The van der Waals surface area contributed by atoms with Gasteiger partial charge in [0.2, 0.25) is 5.82 Å². The van der Waals surface area contributed by atoms with Crippen LogP contribution in [0.25, 0.3) is 61.3 Å². The van der Waals surface area contributed by atoms with Gasteiger partial charge >= 0.3 is 0 Å². The molecule has 0 radical (unpaired) electrons. The van der Waals surface area contributed by atoms with Gasteiger partial charge in [-0.05, 0) is 90.2 Å². The van der Waals surface area contributed by atoms with Gasteiger partial charge in [-0.25, -0.2) is 0 Å². The first kappa shape index (κ1) is 41.1. The summed E-state index contributed by atoms with van der Waals surface area (Å²) in [5.74, 6) is 4.46. The van der Waals surface area contributed by atoms with Gasteiger partial charge in [-0.2, -0.15) is 18.3 Å². The highest BCUT2D eigenvalue weighted by Crippen LogP contribution is 2.44. The molecule has 5 heterocycles. The Morgan fingerprint density at radius 3 is 1.79 bits per heavy atom. The van der Waals surface area contributed by atoms with Crippen LogP contribution < -0.4 is 9.13 Å². The zero-order valence-corrected chi connectivity index (χ0v) is 38.5. The molecular weight excluding hydrogens is 775 g/mol. The van der Waals surface area contributed by atoms with E-state index in [0.29, 0.717) is 11.8 Å². The molecule has 312 valence electrons. The molecule has 0 aliphatic carbocycles. The molecule has 0 saturated heterocycles. The van der Waals surface area contributed by atoms with Crippen molar-refractivity contribution in [1.29, 1.82) is 0 Å². The first-order chi connectivity index (χ1) is 30.1.